The zero-order valence-electron chi connectivity index (χ0n) is 14.1. The number of benzene rings is 2. The maximum atomic E-state index is 12.6. The third kappa shape index (κ3) is 5.22. The standard InChI is InChI=1S/C20H25NO2/c1-15(2)12-19(17-9-5-4-6-10-17)21-20(22)18-11-7-8-16(13-18)14-23-3/h4-11,13,15,19H,12,14H2,1-3H3,(H,21,22). The number of carbonyl (C=O) groups is 1. The third-order valence-electron chi connectivity index (χ3n) is 3.71. The van der Waals surface area contributed by atoms with E-state index in [9.17, 15) is 4.79 Å². The van der Waals surface area contributed by atoms with Crippen LogP contribution in [0.2, 0.25) is 0 Å². The lowest BCUT2D eigenvalue weighted by atomic mass is 9.96. The van der Waals surface area contributed by atoms with Crippen molar-refractivity contribution in [1.82, 2.24) is 5.32 Å². The highest BCUT2D eigenvalue weighted by molar-refractivity contribution is 5.94. The van der Waals surface area contributed by atoms with E-state index >= 15 is 0 Å². The summed E-state index contributed by atoms with van der Waals surface area (Å²) in [5, 5.41) is 3.17. The molecule has 0 heterocycles. The second-order valence-corrected chi connectivity index (χ2v) is 6.20. The first-order valence-corrected chi connectivity index (χ1v) is 8.04. The molecule has 0 bridgehead atoms. The molecule has 0 fully saturated rings. The zero-order chi connectivity index (χ0) is 16.7. The van der Waals surface area contributed by atoms with Gasteiger partial charge in [-0.15, -0.1) is 0 Å². The van der Waals surface area contributed by atoms with Crippen LogP contribution < -0.4 is 5.32 Å². The summed E-state index contributed by atoms with van der Waals surface area (Å²) in [6.45, 7) is 4.85. The Morgan fingerprint density at radius 1 is 1.09 bits per heavy atom. The summed E-state index contributed by atoms with van der Waals surface area (Å²) < 4.78 is 5.13. The molecule has 1 N–H and O–H groups in total. The Morgan fingerprint density at radius 2 is 1.83 bits per heavy atom. The molecule has 2 aromatic carbocycles. The maximum Gasteiger partial charge on any atom is 0.251 e. The molecule has 1 atom stereocenters. The molecular formula is C20H25NO2. The van der Waals surface area contributed by atoms with E-state index in [1.807, 2.05) is 42.5 Å². The second-order valence-electron chi connectivity index (χ2n) is 6.20. The molecule has 0 aliphatic rings. The van der Waals surface area contributed by atoms with Crippen LogP contribution >= 0.6 is 0 Å². The molecule has 0 aromatic heterocycles. The predicted octanol–water partition coefficient (Wildman–Crippen LogP) is 4.35. The number of hydrogen-bond acceptors (Lipinski definition) is 2. The molecule has 0 spiro atoms. The smallest absolute Gasteiger partial charge is 0.251 e. The Morgan fingerprint density at radius 3 is 2.48 bits per heavy atom. The molecule has 2 rings (SSSR count). The van der Waals surface area contributed by atoms with Crippen LogP contribution in [0, 0.1) is 5.92 Å². The lowest BCUT2D eigenvalue weighted by Crippen LogP contribution is -2.29. The second kappa shape index (κ2) is 8.49. The van der Waals surface area contributed by atoms with Gasteiger partial charge in [-0.3, -0.25) is 4.79 Å². The fourth-order valence-electron chi connectivity index (χ4n) is 2.65. The van der Waals surface area contributed by atoms with Gasteiger partial charge in [-0.2, -0.15) is 0 Å². The first-order valence-electron chi connectivity index (χ1n) is 8.04. The first-order chi connectivity index (χ1) is 11.1. The van der Waals surface area contributed by atoms with Crippen molar-refractivity contribution in [1.29, 1.82) is 0 Å². The summed E-state index contributed by atoms with van der Waals surface area (Å²) in [4.78, 5) is 12.6. The summed E-state index contributed by atoms with van der Waals surface area (Å²) >= 11 is 0. The molecule has 1 amide bonds. The lowest BCUT2D eigenvalue weighted by Gasteiger charge is -2.21. The van der Waals surface area contributed by atoms with E-state index in [2.05, 4.69) is 31.3 Å². The van der Waals surface area contributed by atoms with E-state index in [1.54, 1.807) is 7.11 Å². The molecule has 1 unspecified atom stereocenters. The van der Waals surface area contributed by atoms with Crippen molar-refractivity contribution in [3.8, 4) is 0 Å². The fourth-order valence-corrected chi connectivity index (χ4v) is 2.65. The fraction of sp³-hybridized carbons (Fsp3) is 0.350. The number of amides is 1. The van der Waals surface area contributed by atoms with Gasteiger partial charge in [0.1, 0.15) is 0 Å². The maximum absolute atomic E-state index is 12.6. The zero-order valence-corrected chi connectivity index (χ0v) is 14.1. The van der Waals surface area contributed by atoms with Crippen LogP contribution in [0.1, 0.15) is 47.8 Å². The molecule has 0 radical (unpaired) electrons. The van der Waals surface area contributed by atoms with Crippen LogP contribution in [0.15, 0.2) is 54.6 Å². The van der Waals surface area contributed by atoms with E-state index < -0.39 is 0 Å². The van der Waals surface area contributed by atoms with Gasteiger partial charge < -0.3 is 10.1 Å². The van der Waals surface area contributed by atoms with Gasteiger partial charge in [0.05, 0.1) is 12.6 Å². The third-order valence-corrected chi connectivity index (χ3v) is 3.71. The van der Waals surface area contributed by atoms with Crippen molar-refractivity contribution in [3.63, 3.8) is 0 Å². The highest BCUT2D eigenvalue weighted by Gasteiger charge is 2.17. The average Bonchev–Trinajstić information content (AvgIpc) is 2.55. The SMILES string of the molecule is COCc1cccc(C(=O)NC(CC(C)C)c2ccccc2)c1. The molecule has 3 nitrogen and oxygen atoms in total. The van der Waals surface area contributed by atoms with Crippen LogP contribution in [-0.2, 0) is 11.3 Å². The Balaban J connectivity index is 2.15. The van der Waals surface area contributed by atoms with Crippen LogP contribution in [0.25, 0.3) is 0 Å². The quantitative estimate of drug-likeness (QED) is 0.825. The van der Waals surface area contributed by atoms with Crippen LogP contribution in [-0.4, -0.2) is 13.0 Å². The van der Waals surface area contributed by atoms with E-state index in [0.717, 1.165) is 17.5 Å². The summed E-state index contributed by atoms with van der Waals surface area (Å²) in [7, 11) is 1.65. The minimum absolute atomic E-state index is 0.0229. The van der Waals surface area contributed by atoms with Crippen molar-refractivity contribution in [3.05, 3.63) is 71.3 Å². The largest absolute Gasteiger partial charge is 0.380 e. The molecule has 2 aromatic rings. The summed E-state index contributed by atoms with van der Waals surface area (Å²) in [5.74, 6) is 0.456. The summed E-state index contributed by atoms with van der Waals surface area (Å²) in [6, 6.07) is 17.7. The first kappa shape index (κ1) is 17.2. The van der Waals surface area contributed by atoms with Crippen molar-refractivity contribution < 1.29 is 9.53 Å². The van der Waals surface area contributed by atoms with Crippen molar-refractivity contribution in [2.75, 3.05) is 7.11 Å². The molecular weight excluding hydrogens is 286 g/mol. The monoisotopic (exact) mass is 311 g/mol. The highest BCUT2D eigenvalue weighted by atomic mass is 16.5. The van der Waals surface area contributed by atoms with Gasteiger partial charge in [0.2, 0.25) is 0 Å². The van der Waals surface area contributed by atoms with Gasteiger partial charge in [0, 0.05) is 12.7 Å². The number of nitrogens with one attached hydrogen (secondary N) is 1. The van der Waals surface area contributed by atoms with Crippen molar-refractivity contribution >= 4 is 5.91 Å². The molecule has 0 aliphatic carbocycles. The van der Waals surface area contributed by atoms with E-state index in [-0.39, 0.29) is 11.9 Å². The topological polar surface area (TPSA) is 38.3 Å². The van der Waals surface area contributed by atoms with Gasteiger partial charge in [-0.1, -0.05) is 56.3 Å². The number of rotatable bonds is 7. The lowest BCUT2D eigenvalue weighted by molar-refractivity contribution is 0.0931. The normalized spacial score (nSPS) is 12.2. The molecule has 0 aliphatic heterocycles. The highest BCUT2D eigenvalue weighted by Crippen LogP contribution is 2.21. The molecule has 23 heavy (non-hydrogen) atoms. The Labute approximate surface area is 138 Å². The van der Waals surface area contributed by atoms with E-state index in [0.29, 0.717) is 18.1 Å². The molecule has 122 valence electrons. The van der Waals surface area contributed by atoms with Crippen LogP contribution in [0.4, 0.5) is 0 Å². The van der Waals surface area contributed by atoms with E-state index in [4.69, 9.17) is 4.74 Å². The predicted molar refractivity (Wildman–Crippen MR) is 93.3 cm³/mol. The summed E-state index contributed by atoms with van der Waals surface area (Å²) in [5.41, 5.74) is 2.81. The minimum Gasteiger partial charge on any atom is -0.380 e. The summed E-state index contributed by atoms with van der Waals surface area (Å²) in [6.07, 6.45) is 0.910. The van der Waals surface area contributed by atoms with Crippen molar-refractivity contribution in [2.45, 2.75) is 32.9 Å². The Kier molecular flexibility index (Phi) is 6.36. The van der Waals surface area contributed by atoms with Gasteiger partial charge in [0.15, 0.2) is 0 Å². The van der Waals surface area contributed by atoms with E-state index in [1.165, 1.54) is 0 Å². The minimum atomic E-state index is -0.0440. The number of hydrogen-bond donors (Lipinski definition) is 1. The molecule has 0 saturated heterocycles. The van der Waals surface area contributed by atoms with Crippen molar-refractivity contribution in [2.24, 2.45) is 5.92 Å². The number of carbonyl (C=O) groups excluding carboxylic acids is 1. The molecule has 0 saturated carbocycles. The number of ether oxygens (including phenoxy) is 1. The molecule has 3 heteroatoms. The average molecular weight is 311 g/mol. The van der Waals surface area contributed by atoms with Gasteiger partial charge >= 0.3 is 0 Å². The number of methoxy groups -OCH3 is 1. The Hall–Kier alpha value is -2.13. The Bertz CT molecular complexity index is 623. The van der Waals surface area contributed by atoms with Gasteiger partial charge in [-0.05, 0) is 35.6 Å². The van der Waals surface area contributed by atoms with Crippen LogP contribution in [0.5, 0.6) is 0 Å². The van der Waals surface area contributed by atoms with Gasteiger partial charge in [-0.25, -0.2) is 0 Å². The van der Waals surface area contributed by atoms with Crippen LogP contribution in [0.3, 0.4) is 0 Å². The van der Waals surface area contributed by atoms with Gasteiger partial charge in [0.25, 0.3) is 5.91 Å².